The Bertz CT molecular complexity index is 1040. The SMILES string of the molecule is Cc1cc(CN2C(C)CN(c3nc4ccc(Cl)cc4s3)CC2C)cc(OCC=O)c1. The second-order valence-electron chi connectivity index (χ2n) is 8.02. The van der Waals surface area contributed by atoms with Crippen LogP contribution < -0.4 is 9.64 Å². The summed E-state index contributed by atoms with van der Waals surface area (Å²) in [6.07, 6.45) is 0.779. The second-order valence-corrected chi connectivity index (χ2v) is 9.46. The summed E-state index contributed by atoms with van der Waals surface area (Å²) in [5, 5.41) is 1.81. The third-order valence-corrected chi connectivity index (χ3v) is 6.82. The van der Waals surface area contributed by atoms with Crippen molar-refractivity contribution in [2.75, 3.05) is 24.6 Å². The van der Waals surface area contributed by atoms with E-state index in [1.807, 2.05) is 30.3 Å². The highest BCUT2D eigenvalue weighted by Crippen LogP contribution is 2.33. The molecule has 5 nitrogen and oxygen atoms in total. The minimum absolute atomic E-state index is 0.0851. The van der Waals surface area contributed by atoms with Gasteiger partial charge in [0, 0.05) is 36.7 Å². The molecule has 1 saturated heterocycles. The van der Waals surface area contributed by atoms with Gasteiger partial charge in [-0.05, 0) is 62.2 Å². The van der Waals surface area contributed by atoms with Crippen LogP contribution in [-0.2, 0) is 11.3 Å². The quantitative estimate of drug-likeness (QED) is 0.505. The van der Waals surface area contributed by atoms with E-state index in [-0.39, 0.29) is 6.61 Å². The van der Waals surface area contributed by atoms with Gasteiger partial charge in [-0.15, -0.1) is 0 Å². The Morgan fingerprint density at radius 2 is 1.97 bits per heavy atom. The minimum atomic E-state index is 0.0851. The van der Waals surface area contributed by atoms with Crippen LogP contribution in [-0.4, -0.2) is 48.0 Å². The number of anilines is 1. The molecule has 0 radical (unpaired) electrons. The van der Waals surface area contributed by atoms with Gasteiger partial charge in [0.05, 0.1) is 10.2 Å². The van der Waals surface area contributed by atoms with Crippen LogP contribution in [0.25, 0.3) is 10.2 Å². The van der Waals surface area contributed by atoms with Gasteiger partial charge in [0.25, 0.3) is 0 Å². The fraction of sp³-hybridized carbons (Fsp3) is 0.391. The van der Waals surface area contributed by atoms with Crippen LogP contribution in [0.4, 0.5) is 5.13 Å². The molecular weight excluding hydrogens is 418 g/mol. The first-order valence-electron chi connectivity index (χ1n) is 10.2. The Balaban J connectivity index is 1.48. The molecule has 0 spiro atoms. The van der Waals surface area contributed by atoms with Crippen molar-refractivity contribution in [2.45, 2.75) is 39.4 Å². The van der Waals surface area contributed by atoms with Crippen molar-refractivity contribution in [2.24, 2.45) is 0 Å². The van der Waals surface area contributed by atoms with Gasteiger partial charge in [0.1, 0.15) is 12.4 Å². The molecule has 2 atom stereocenters. The normalized spacial score (nSPS) is 19.9. The number of aryl methyl sites for hydroxylation is 1. The summed E-state index contributed by atoms with van der Waals surface area (Å²) < 4.78 is 6.65. The number of rotatable bonds is 6. The van der Waals surface area contributed by atoms with E-state index >= 15 is 0 Å². The van der Waals surface area contributed by atoms with E-state index in [1.54, 1.807) is 11.3 Å². The molecule has 0 N–H and O–H groups in total. The molecule has 0 saturated carbocycles. The van der Waals surface area contributed by atoms with Crippen LogP contribution in [0.1, 0.15) is 25.0 Å². The summed E-state index contributed by atoms with van der Waals surface area (Å²) in [6, 6.07) is 12.8. The van der Waals surface area contributed by atoms with Crippen molar-refractivity contribution >= 4 is 44.6 Å². The number of aromatic nitrogens is 1. The van der Waals surface area contributed by atoms with E-state index < -0.39 is 0 Å². The van der Waals surface area contributed by atoms with Gasteiger partial charge in [-0.3, -0.25) is 9.69 Å². The van der Waals surface area contributed by atoms with E-state index in [2.05, 4.69) is 36.6 Å². The molecule has 1 aromatic heterocycles. The molecule has 2 heterocycles. The molecule has 7 heteroatoms. The number of carbonyl (C=O) groups excluding carboxylic acids is 1. The van der Waals surface area contributed by atoms with Crippen LogP contribution >= 0.6 is 22.9 Å². The summed E-state index contributed by atoms with van der Waals surface area (Å²) in [4.78, 5) is 20.4. The first-order valence-corrected chi connectivity index (χ1v) is 11.4. The first kappa shape index (κ1) is 21.1. The van der Waals surface area contributed by atoms with Gasteiger partial charge in [-0.2, -0.15) is 0 Å². The maximum atomic E-state index is 10.6. The van der Waals surface area contributed by atoms with Crippen molar-refractivity contribution < 1.29 is 9.53 Å². The molecule has 30 heavy (non-hydrogen) atoms. The number of piperazine rings is 1. The summed E-state index contributed by atoms with van der Waals surface area (Å²) in [7, 11) is 0. The maximum absolute atomic E-state index is 10.6. The van der Waals surface area contributed by atoms with Gasteiger partial charge in [-0.25, -0.2) is 4.98 Å². The lowest BCUT2D eigenvalue weighted by molar-refractivity contribution is -0.109. The topological polar surface area (TPSA) is 45.7 Å². The van der Waals surface area contributed by atoms with Crippen LogP contribution in [0.2, 0.25) is 5.02 Å². The lowest BCUT2D eigenvalue weighted by Gasteiger charge is -2.44. The fourth-order valence-corrected chi connectivity index (χ4v) is 5.45. The Kier molecular flexibility index (Phi) is 6.27. The van der Waals surface area contributed by atoms with Gasteiger partial charge in [-0.1, -0.05) is 29.0 Å². The van der Waals surface area contributed by atoms with Gasteiger partial charge in [0.2, 0.25) is 0 Å². The summed E-state index contributed by atoms with van der Waals surface area (Å²) in [5.74, 6) is 0.754. The van der Waals surface area contributed by atoms with Crippen molar-refractivity contribution in [1.82, 2.24) is 9.88 Å². The third kappa shape index (κ3) is 4.61. The maximum Gasteiger partial charge on any atom is 0.186 e. The Morgan fingerprint density at radius 3 is 2.70 bits per heavy atom. The lowest BCUT2D eigenvalue weighted by Crippen LogP contribution is -2.56. The Labute approximate surface area is 186 Å². The van der Waals surface area contributed by atoms with E-state index in [9.17, 15) is 4.79 Å². The van der Waals surface area contributed by atoms with Crippen LogP contribution in [0.15, 0.2) is 36.4 Å². The number of aldehydes is 1. The average Bonchev–Trinajstić information content (AvgIpc) is 3.12. The number of ether oxygens (including phenoxy) is 1. The number of thiazole rings is 1. The predicted molar refractivity (Wildman–Crippen MR) is 124 cm³/mol. The zero-order valence-electron chi connectivity index (χ0n) is 17.5. The monoisotopic (exact) mass is 443 g/mol. The van der Waals surface area contributed by atoms with E-state index in [0.29, 0.717) is 12.1 Å². The fourth-order valence-electron chi connectivity index (χ4n) is 4.19. The number of benzene rings is 2. The molecule has 1 aliphatic heterocycles. The number of nitrogens with zero attached hydrogens (tertiary/aromatic N) is 3. The van der Waals surface area contributed by atoms with Crippen molar-refractivity contribution in [3.63, 3.8) is 0 Å². The summed E-state index contributed by atoms with van der Waals surface area (Å²) in [6.45, 7) is 9.39. The van der Waals surface area contributed by atoms with Crippen molar-refractivity contribution in [3.05, 3.63) is 52.5 Å². The van der Waals surface area contributed by atoms with Crippen molar-refractivity contribution in [1.29, 1.82) is 0 Å². The predicted octanol–water partition coefficient (Wildman–Crippen LogP) is 4.94. The van der Waals surface area contributed by atoms with Crippen LogP contribution in [0.3, 0.4) is 0 Å². The van der Waals surface area contributed by atoms with Gasteiger partial charge >= 0.3 is 0 Å². The van der Waals surface area contributed by atoms with Gasteiger partial charge < -0.3 is 9.64 Å². The van der Waals surface area contributed by atoms with E-state index in [0.717, 1.165) is 57.6 Å². The molecule has 2 aromatic carbocycles. The molecule has 0 amide bonds. The molecule has 158 valence electrons. The second kappa shape index (κ2) is 8.92. The zero-order valence-corrected chi connectivity index (χ0v) is 19.0. The molecule has 2 unspecified atom stereocenters. The Hall–Kier alpha value is -2.15. The number of fused-ring (bicyclic) bond motifs is 1. The number of hydrogen-bond donors (Lipinski definition) is 0. The highest BCUT2D eigenvalue weighted by atomic mass is 35.5. The number of halogens is 1. The van der Waals surface area contributed by atoms with E-state index in [1.165, 1.54) is 5.56 Å². The number of hydrogen-bond acceptors (Lipinski definition) is 6. The highest BCUT2D eigenvalue weighted by Gasteiger charge is 2.31. The van der Waals surface area contributed by atoms with Crippen LogP contribution in [0.5, 0.6) is 5.75 Å². The highest BCUT2D eigenvalue weighted by molar-refractivity contribution is 7.22. The molecule has 1 fully saturated rings. The number of carbonyl (C=O) groups is 1. The van der Waals surface area contributed by atoms with E-state index in [4.69, 9.17) is 21.3 Å². The zero-order chi connectivity index (χ0) is 21.3. The third-order valence-electron chi connectivity index (χ3n) is 5.51. The smallest absolute Gasteiger partial charge is 0.186 e. The van der Waals surface area contributed by atoms with Crippen LogP contribution in [0, 0.1) is 6.92 Å². The standard InChI is InChI=1S/C23H26ClN3O2S/c1-15-8-18(10-20(9-15)29-7-6-28)14-27-16(2)12-26(13-17(27)3)23-25-21-5-4-19(24)11-22(21)30-23/h4-6,8-11,16-17H,7,12-14H2,1-3H3. The summed E-state index contributed by atoms with van der Waals surface area (Å²) >= 11 is 7.84. The van der Waals surface area contributed by atoms with Gasteiger partial charge in [0.15, 0.2) is 11.4 Å². The lowest BCUT2D eigenvalue weighted by atomic mass is 10.0. The molecule has 3 aromatic rings. The minimum Gasteiger partial charge on any atom is -0.486 e. The first-order chi connectivity index (χ1) is 14.4. The largest absolute Gasteiger partial charge is 0.486 e. The molecule has 0 aliphatic carbocycles. The molecule has 1 aliphatic rings. The molecule has 4 rings (SSSR count). The van der Waals surface area contributed by atoms with Crippen molar-refractivity contribution in [3.8, 4) is 5.75 Å². The average molecular weight is 444 g/mol. The molecule has 0 bridgehead atoms. The summed E-state index contributed by atoms with van der Waals surface area (Å²) in [5.41, 5.74) is 3.35. The molecular formula is C23H26ClN3O2S. The Morgan fingerprint density at radius 1 is 1.20 bits per heavy atom.